The summed E-state index contributed by atoms with van der Waals surface area (Å²) < 4.78 is 77.0. The van der Waals surface area contributed by atoms with Crippen LogP contribution in [0.3, 0.4) is 0 Å². The van der Waals surface area contributed by atoms with E-state index in [1.54, 1.807) is 0 Å². The molecule has 2 N–H and O–H groups in total. The molecule has 2 aromatic carbocycles. The Labute approximate surface area is 257 Å². The standard InChI is InChI=1S/C28H32N2O7S2.Na/c1-6-29(7-2)19-10-12-21-25(15-19)37-26-17-24(30(8-3)9-4)18(5)14-23(26)28(21)22-13-11-20(38(31,32)33)16-27(22)39(34,35)36;/h10-17H,6-9H2,1-5H3,(H-,31,32,33,34,35,36);/q;+1/p+1. The Balaban J connectivity index is 0.00000441. The molecule has 0 amide bonds. The summed E-state index contributed by atoms with van der Waals surface area (Å²) in [7, 11) is -9.62. The zero-order valence-corrected chi connectivity index (χ0v) is 27.2. The Hall–Kier alpha value is -2.25. The van der Waals surface area contributed by atoms with Gasteiger partial charge in [0.25, 0.3) is 20.2 Å². The fraction of sp³-hybridized carbons (Fsp3) is 0.321. The van der Waals surface area contributed by atoms with E-state index in [0.29, 0.717) is 27.9 Å². The normalized spacial score (nSPS) is 12.0. The van der Waals surface area contributed by atoms with Crippen molar-refractivity contribution in [1.29, 1.82) is 0 Å². The zero-order valence-electron chi connectivity index (χ0n) is 23.6. The summed E-state index contributed by atoms with van der Waals surface area (Å²) in [5.74, 6) is 0.502. The Morgan fingerprint density at radius 1 is 0.825 bits per heavy atom. The molecular weight excluding hydrogens is 563 g/mol. The number of nitrogens with zero attached hydrogens (tertiary/aromatic N) is 2. The van der Waals surface area contributed by atoms with E-state index < -0.39 is 30.0 Å². The second kappa shape index (κ2) is 12.3. The van der Waals surface area contributed by atoms with E-state index in [4.69, 9.17) is 4.42 Å². The third-order valence-corrected chi connectivity index (χ3v) is 8.80. The van der Waals surface area contributed by atoms with E-state index in [0.717, 1.165) is 54.9 Å². The molecule has 0 saturated heterocycles. The second-order valence-corrected chi connectivity index (χ2v) is 12.1. The van der Waals surface area contributed by atoms with Gasteiger partial charge in [-0.15, -0.1) is 0 Å². The summed E-state index contributed by atoms with van der Waals surface area (Å²) in [4.78, 5) is 0.876. The first-order chi connectivity index (χ1) is 18.3. The van der Waals surface area contributed by atoms with Crippen LogP contribution >= 0.6 is 0 Å². The van der Waals surface area contributed by atoms with Crippen LogP contribution in [0.25, 0.3) is 33.4 Å². The molecule has 0 spiro atoms. The summed E-state index contributed by atoms with van der Waals surface area (Å²) in [6.45, 7) is 13.3. The molecule has 0 saturated carbocycles. The summed E-state index contributed by atoms with van der Waals surface area (Å²) in [5, 5.41) is 1.55. The van der Waals surface area contributed by atoms with Gasteiger partial charge in [0.2, 0.25) is 5.36 Å². The molecule has 9 nitrogen and oxygen atoms in total. The van der Waals surface area contributed by atoms with Crippen molar-refractivity contribution in [1.82, 2.24) is 4.58 Å². The van der Waals surface area contributed by atoms with Gasteiger partial charge in [-0.1, -0.05) is 6.07 Å². The van der Waals surface area contributed by atoms with Gasteiger partial charge < -0.3 is 9.32 Å². The molecule has 0 unspecified atom stereocenters. The predicted octanol–water partition coefficient (Wildman–Crippen LogP) is 1.67. The van der Waals surface area contributed by atoms with E-state index >= 15 is 0 Å². The number of hydrogen-bond acceptors (Lipinski definition) is 6. The molecule has 2 aromatic rings. The Morgan fingerprint density at radius 2 is 1.48 bits per heavy atom. The second-order valence-electron chi connectivity index (χ2n) is 9.25. The minimum atomic E-state index is -4.89. The van der Waals surface area contributed by atoms with Crippen molar-refractivity contribution in [3.8, 4) is 22.5 Å². The Bertz CT molecular complexity index is 1820. The average molecular weight is 597 g/mol. The molecule has 1 aliphatic carbocycles. The van der Waals surface area contributed by atoms with Crippen LogP contribution in [0.2, 0.25) is 0 Å². The van der Waals surface area contributed by atoms with E-state index in [1.807, 2.05) is 51.1 Å². The molecule has 208 valence electrons. The summed E-state index contributed by atoms with van der Waals surface area (Å²) in [6, 6.07) is 12.6. The SMILES string of the molecule is CCN(CC)c1ccc2c(-c3ccc(S(=O)(=O)O)cc3S(=O)(=O)O)c3cc(C)c(=[N+](CC)CC)cc-3oc2c1.[Na+]. The first-order valence-electron chi connectivity index (χ1n) is 12.8. The number of fused-ring (bicyclic) bond motifs is 2. The van der Waals surface area contributed by atoms with Gasteiger partial charge in [-0.2, -0.15) is 16.8 Å². The van der Waals surface area contributed by atoms with E-state index in [-0.39, 0.29) is 35.1 Å². The molecule has 0 aromatic heterocycles. The minimum Gasteiger partial charge on any atom is -0.456 e. The molecule has 2 aliphatic rings. The summed E-state index contributed by atoms with van der Waals surface area (Å²) in [5.41, 5.74) is 3.49. The fourth-order valence-electron chi connectivity index (χ4n) is 5.09. The first-order valence-corrected chi connectivity index (χ1v) is 15.6. The van der Waals surface area contributed by atoms with Gasteiger partial charge in [-0.3, -0.25) is 9.11 Å². The quantitative estimate of drug-likeness (QED) is 0.136. The Morgan fingerprint density at radius 3 is 2.02 bits per heavy atom. The maximum Gasteiger partial charge on any atom is 1.00 e. The summed E-state index contributed by atoms with van der Waals surface area (Å²) in [6.07, 6.45) is 0. The predicted molar refractivity (Wildman–Crippen MR) is 153 cm³/mol. The maximum atomic E-state index is 12.5. The molecule has 0 bridgehead atoms. The molecule has 12 heteroatoms. The van der Waals surface area contributed by atoms with Gasteiger partial charge >= 0.3 is 29.6 Å². The van der Waals surface area contributed by atoms with Crippen molar-refractivity contribution >= 4 is 36.9 Å². The largest absolute Gasteiger partial charge is 1.00 e. The zero-order chi connectivity index (χ0) is 28.7. The third kappa shape index (κ3) is 6.15. The van der Waals surface area contributed by atoms with Crippen molar-refractivity contribution in [2.75, 3.05) is 31.1 Å². The average Bonchev–Trinajstić information content (AvgIpc) is 2.88. The molecule has 1 aliphatic heterocycles. The van der Waals surface area contributed by atoms with Crippen LogP contribution in [0.4, 0.5) is 5.69 Å². The van der Waals surface area contributed by atoms with E-state index in [9.17, 15) is 25.9 Å². The Kier molecular flexibility index (Phi) is 9.94. The van der Waals surface area contributed by atoms with Gasteiger partial charge in [-0.25, -0.2) is 4.58 Å². The van der Waals surface area contributed by atoms with Gasteiger partial charge in [0, 0.05) is 52.5 Å². The van der Waals surface area contributed by atoms with Crippen LogP contribution in [-0.4, -0.2) is 52.1 Å². The molecular formula is C28H33N2NaO7S2+2. The van der Waals surface area contributed by atoms with Crippen molar-refractivity contribution in [2.24, 2.45) is 0 Å². The molecule has 4 rings (SSSR count). The molecule has 0 radical (unpaired) electrons. The number of benzene rings is 3. The molecule has 0 atom stereocenters. The van der Waals surface area contributed by atoms with Crippen LogP contribution < -0.4 is 44.4 Å². The van der Waals surface area contributed by atoms with Gasteiger partial charge in [0.05, 0.1) is 11.0 Å². The van der Waals surface area contributed by atoms with E-state index in [2.05, 4.69) is 23.3 Å². The number of anilines is 1. The maximum absolute atomic E-state index is 12.5. The number of rotatable bonds is 8. The van der Waals surface area contributed by atoms with Crippen LogP contribution in [0.15, 0.2) is 62.7 Å². The van der Waals surface area contributed by atoms with Crippen LogP contribution in [0.5, 0.6) is 0 Å². The van der Waals surface area contributed by atoms with Gasteiger partial charge in [-0.05, 0) is 65.0 Å². The van der Waals surface area contributed by atoms with Crippen molar-refractivity contribution in [3.05, 3.63) is 59.5 Å². The van der Waals surface area contributed by atoms with E-state index in [1.165, 1.54) is 6.07 Å². The minimum absolute atomic E-state index is 0. The van der Waals surface area contributed by atoms with Gasteiger partial charge in [0.15, 0.2) is 0 Å². The monoisotopic (exact) mass is 596 g/mol. The number of aryl methyl sites for hydroxylation is 1. The van der Waals surface area contributed by atoms with Crippen LogP contribution in [0.1, 0.15) is 33.3 Å². The molecule has 1 heterocycles. The third-order valence-electron chi connectivity index (χ3n) is 7.05. The van der Waals surface area contributed by atoms with Crippen molar-refractivity contribution in [3.63, 3.8) is 0 Å². The van der Waals surface area contributed by atoms with Crippen LogP contribution in [0, 0.1) is 6.92 Å². The fourth-order valence-corrected chi connectivity index (χ4v) is 6.39. The molecule has 40 heavy (non-hydrogen) atoms. The number of hydrogen-bond donors (Lipinski definition) is 2. The van der Waals surface area contributed by atoms with Gasteiger partial charge in [0.1, 0.15) is 29.3 Å². The van der Waals surface area contributed by atoms with Crippen LogP contribution in [-0.2, 0) is 20.2 Å². The summed E-state index contributed by atoms with van der Waals surface area (Å²) >= 11 is 0. The smallest absolute Gasteiger partial charge is 0.456 e. The first kappa shape index (κ1) is 32.3. The molecule has 0 fully saturated rings. The van der Waals surface area contributed by atoms with Crippen molar-refractivity contribution < 1.29 is 59.9 Å². The topological polar surface area (TPSA) is 128 Å². The van der Waals surface area contributed by atoms with Crippen molar-refractivity contribution in [2.45, 2.75) is 44.4 Å².